The SMILES string of the molecule is C[C@@H](NC(=O)c1c(CN2CCC(N3CCCCC3)CC2)c(-c2ccccc2)nc2cc(F)ccc12)C1CCCCC1. The quantitative estimate of drug-likeness (QED) is 0.335. The Labute approximate surface area is 244 Å². The van der Waals surface area contributed by atoms with Crippen molar-refractivity contribution < 1.29 is 9.18 Å². The summed E-state index contributed by atoms with van der Waals surface area (Å²) >= 11 is 0. The predicted octanol–water partition coefficient (Wildman–Crippen LogP) is 7.19. The van der Waals surface area contributed by atoms with Gasteiger partial charge in [0.25, 0.3) is 5.91 Å². The summed E-state index contributed by atoms with van der Waals surface area (Å²) in [7, 11) is 0. The normalized spacial score (nSPS) is 20.7. The van der Waals surface area contributed by atoms with Crippen molar-refractivity contribution in [3.05, 3.63) is 65.5 Å². The summed E-state index contributed by atoms with van der Waals surface area (Å²) in [4.78, 5) is 24.5. The lowest BCUT2D eigenvalue weighted by atomic mass is 9.84. The number of carbonyl (C=O) groups is 1. The van der Waals surface area contributed by atoms with Gasteiger partial charge >= 0.3 is 0 Å². The van der Waals surface area contributed by atoms with Crippen LogP contribution in [-0.2, 0) is 6.54 Å². The fraction of sp³-hybridized carbons (Fsp3) is 0.543. The summed E-state index contributed by atoms with van der Waals surface area (Å²) in [6.07, 6.45) is 12.4. The average Bonchev–Trinajstić information content (AvgIpc) is 3.02. The van der Waals surface area contributed by atoms with Crippen LogP contribution in [0.3, 0.4) is 0 Å². The number of nitrogens with zero attached hydrogens (tertiary/aromatic N) is 3. The number of benzene rings is 2. The largest absolute Gasteiger partial charge is 0.349 e. The molecule has 0 radical (unpaired) electrons. The molecule has 2 aromatic carbocycles. The zero-order valence-corrected chi connectivity index (χ0v) is 24.6. The van der Waals surface area contributed by atoms with Crippen molar-refractivity contribution >= 4 is 16.8 Å². The van der Waals surface area contributed by atoms with Gasteiger partial charge in [0.15, 0.2) is 0 Å². The number of amides is 1. The van der Waals surface area contributed by atoms with Crippen molar-refractivity contribution in [3.63, 3.8) is 0 Å². The van der Waals surface area contributed by atoms with Crippen LogP contribution >= 0.6 is 0 Å². The minimum Gasteiger partial charge on any atom is -0.349 e. The molecule has 1 amide bonds. The molecule has 3 fully saturated rings. The lowest BCUT2D eigenvalue weighted by Crippen LogP contribution is -2.46. The Morgan fingerprint density at radius 1 is 0.927 bits per heavy atom. The number of piperidine rings is 2. The second kappa shape index (κ2) is 13.0. The molecule has 1 atom stereocenters. The van der Waals surface area contributed by atoms with Crippen molar-refractivity contribution in [2.45, 2.75) is 89.8 Å². The van der Waals surface area contributed by atoms with E-state index < -0.39 is 0 Å². The molecule has 6 heteroatoms. The smallest absolute Gasteiger partial charge is 0.252 e. The highest BCUT2D eigenvalue weighted by Crippen LogP contribution is 2.34. The molecular weight excluding hydrogens is 511 g/mol. The van der Waals surface area contributed by atoms with Crippen LogP contribution in [0.4, 0.5) is 4.39 Å². The van der Waals surface area contributed by atoms with E-state index in [9.17, 15) is 9.18 Å². The standard InChI is InChI=1S/C35H45FN4O/c1-25(26-11-5-2-6-12-26)37-35(41)33-30-16-15-28(36)23-32(30)38-34(27-13-7-3-8-14-27)31(33)24-39-21-17-29(18-22-39)40-19-9-4-10-20-40/h3,7-8,13-16,23,25-26,29H,2,4-6,9-12,17-22,24H2,1H3,(H,37,41)/t25-/m1/s1. The highest BCUT2D eigenvalue weighted by molar-refractivity contribution is 6.09. The monoisotopic (exact) mass is 556 g/mol. The van der Waals surface area contributed by atoms with Crippen LogP contribution in [0.1, 0.15) is 87.1 Å². The first kappa shape index (κ1) is 28.3. The molecule has 1 saturated carbocycles. The molecule has 6 rings (SSSR count). The van der Waals surface area contributed by atoms with Crippen LogP contribution in [0.5, 0.6) is 0 Å². The van der Waals surface area contributed by atoms with Gasteiger partial charge in [-0.2, -0.15) is 0 Å². The van der Waals surface area contributed by atoms with Crippen LogP contribution in [-0.4, -0.2) is 59.0 Å². The zero-order valence-electron chi connectivity index (χ0n) is 24.6. The summed E-state index contributed by atoms with van der Waals surface area (Å²) in [6.45, 7) is 7.31. The molecule has 3 aliphatic rings. The summed E-state index contributed by atoms with van der Waals surface area (Å²) < 4.78 is 14.5. The topological polar surface area (TPSA) is 48.5 Å². The Balaban J connectivity index is 1.35. The highest BCUT2D eigenvalue weighted by Gasteiger charge is 2.30. The van der Waals surface area contributed by atoms with E-state index in [1.54, 1.807) is 6.07 Å². The first-order valence-corrected chi connectivity index (χ1v) is 16.0. The second-order valence-corrected chi connectivity index (χ2v) is 12.6. The van der Waals surface area contributed by atoms with E-state index >= 15 is 0 Å². The van der Waals surface area contributed by atoms with Crippen LogP contribution in [0.25, 0.3) is 22.2 Å². The molecular formula is C35H45FN4O. The number of aromatic nitrogens is 1. The van der Waals surface area contributed by atoms with Gasteiger partial charge in [0.05, 0.1) is 16.8 Å². The fourth-order valence-corrected chi connectivity index (χ4v) is 7.51. The first-order chi connectivity index (χ1) is 20.1. The molecule has 2 saturated heterocycles. The lowest BCUT2D eigenvalue weighted by molar-refractivity contribution is 0.0878. The molecule has 41 heavy (non-hydrogen) atoms. The Hall–Kier alpha value is -2.83. The molecule has 2 aliphatic heterocycles. The third-order valence-electron chi connectivity index (χ3n) is 9.88. The van der Waals surface area contributed by atoms with E-state index in [0.29, 0.717) is 29.6 Å². The highest BCUT2D eigenvalue weighted by atomic mass is 19.1. The average molecular weight is 557 g/mol. The Kier molecular flexibility index (Phi) is 8.97. The maximum atomic E-state index is 14.5. The second-order valence-electron chi connectivity index (χ2n) is 12.6. The number of nitrogens with one attached hydrogen (secondary N) is 1. The summed E-state index contributed by atoms with van der Waals surface area (Å²) in [5.41, 5.74) is 3.91. The van der Waals surface area contributed by atoms with Gasteiger partial charge in [-0.05, 0) is 89.7 Å². The molecule has 218 valence electrons. The molecule has 1 N–H and O–H groups in total. The van der Waals surface area contributed by atoms with Crippen LogP contribution < -0.4 is 5.32 Å². The third-order valence-corrected chi connectivity index (χ3v) is 9.88. The molecule has 0 spiro atoms. The number of carbonyl (C=O) groups excluding carboxylic acids is 1. The maximum Gasteiger partial charge on any atom is 0.252 e. The van der Waals surface area contributed by atoms with E-state index in [1.807, 2.05) is 30.3 Å². The number of halogens is 1. The third kappa shape index (κ3) is 6.49. The molecule has 1 aliphatic carbocycles. The molecule has 1 aromatic heterocycles. The van der Waals surface area contributed by atoms with Gasteiger partial charge < -0.3 is 10.2 Å². The van der Waals surface area contributed by atoms with E-state index in [-0.39, 0.29) is 17.8 Å². The fourth-order valence-electron chi connectivity index (χ4n) is 7.51. The summed E-state index contributed by atoms with van der Waals surface area (Å²) in [6, 6.07) is 15.5. The maximum absolute atomic E-state index is 14.5. The summed E-state index contributed by atoms with van der Waals surface area (Å²) in [5.74, 6) is 0.111. The Bertz CT molecular complexity index is 1330. The van der Waals surface area contributed by atoms with Crippen molar-refractivity contribution in [1.82, 2.24) is 20.1 Å². The van der Waals surface area contributed by atoms with Crippen molar-refractivity contribution in [3.8, 4) is 11.3 Å². The molecule has 0 unspecified atom stereocenters. The van der Waals surface area contributed by atoms with Crippen LogP contribution in [0.15, 0.2) is 48.5 Å². The van der Waals surface area contributed by atoms with Gasteiger partial charge in [-0.25, -0.2) is 9.37 Å². The number of hydrogen-bond acceptors (Lipinski definition) is 4. The lowest BCUT2D eigenvalue weighted by Gasteiger charge is -2.40. The van der Waals surface area contributed by atoms with Gasteiger partial charge in [0, 0.05) is 41.2 Å². The molecule has 3 aromatic rings. The zero-order chi connectivity index (χ0) is 28.2. The number of pyridine rings is 1. The Morgan fingerprint density at radius 3 is 2.37 bits per heavy atom. The number of rotatable bonds is 7. The molecule has 0 bridgehead atoms. The van der Waals surface area contributed by atoms with Crippen LogP contribution in [0, 0.1) is 11.7 Å². The number of hydrogen-bond donors (Lipinski definition) is 1. The van der Waals surface area contributed by atoms with E-state index in [4.69, 9.17) is 4.98 Å². The van der Waals surface area contributed by atoms with Gasteiger partial charge in [-0.3, -0.25) is 9.69 Å². The minimum absolute atomic E-state index is 0.0579. The van der Waals surface area contributed by atoms with Crippen LogP contribution in [0.2, 0.25) is 0 Å². The predicted molar refractivity (Wildman–Crippen MR) is 164 cm³/mol. The minimum atomic E-state index is -0.335. The van der Waals surface area contributed by atoms with Gasteiger partial charge in [0.1, 0.15) is 5.82 Å². The molecule has 3 heterocycles. The van der Waals surface area contributed by atoms with E-state index in [2.05, 4.69) is 22.0 Å². The van der Waals surface area contributed by atoms with Crippen molar-refractivity contribution in [2.75, 3.05) is 26.2 Å². The summed E-state index contributed by atoms with van der Waals surface area (Å²) in [5, 5.41) is 4.13. The number of fused-ring (bicyclic) bond motifs is 1. The van der Waals surface area contributed by atoms with Gasteiger partial charge in [-0.1, -0.05) is 56.0 Å². The molecule has 5 nitrogen and oxygen atoms in total. The van der Waals surface area contributed by atoms with Crippen molar-refractivity contribution in [1.29, 1.82) is 0 Å². The van der Waals surface area contributed by atoms with Gasteiger partial charge in [0.2, 0.25) is 0 Å². The Morgan fingerprint density at radius 2 is 1.63 bits per heavy atom. The van der Waals surface area contributed by atoms with E-state index in [0.717, 1.165) is 61.0 Å². The number of likely N-dealkylation sites (tertiary alicyclic amines) is 2. The van der Waals surface area contributed by atoms with Crippen molar-refractivity contribution in [2.24, 2.45) is 5.92 Å². The van der Waals surface area contributed by atoms with Gasteiger partial charge in [-0.15, -0.1) is 0 Å². The van der Waals surface area contributed by atoms with E-state index in [1.165, 1.54) is 63.7 Å². The first-order valence-electron chi connectivity index (χ1n) is 16.0.